The molecule has 0 radical (unpaired) electrons. The van der Waals surface area contributed by atoms with Crippen LogP contribution in [0.25, 0.3) is 0 Å². The van der Waals surface area contributed by atoms with Gasteiger partial charge in [-0.2, -0.15) is 0 Å². The summed E-state index contributed by atoms with van der Waals surface area (Å²) in [4.78, 5) is 2.54. The summed E-state index contributed by atoms with van der Waals surface area (Å²) in [6, 6.07) is 0. The normalized spacial score (nSPS) is 19.3. The van der Waals surface area contributed by atoms with Crippen molar-refractivity contribution in [3.8, 4) is 0 Å². The van der Waals surface area contributed by atoms with E-state index in [1.54, 1.807) is 0 Å². The van der Waals surface area contributed by atoms with Gasteiger partial charge in [0.25, 0.3) is 0 Å². The Morgan fingerprint density at radius 3 is 2.56 bits per heavy atom. The largest absolute Gasteiger partial charge is 0.394 e. The molecule has 1 saturated heterocycles. The van der Waals surface area contributed by atoms with E-state index in [1.165, 1.54) is 0 Å². The monoisotopic (exact) mass is 258 g/mol. The summed E-state index contributed by atoms with van der Waals surface area (Å²) in [6.45, 7) is 12.9. The van der Waals surface area contributed by atoms with Crippen LogP contribution in [0.4, 0.5) is 0 Å². The van der Waals surface area contributed by atoms with Crippen molar-refractivity contribution in [2.45, 2.75) is 39.7 Å². The molecule has 0 aromatic carbocycles. The Morgan fingerprint density at radius 1 is 1.33 bits per heavy atom. The molecule has 1 aliphatic heterocycles. The summed E-state index contributed by atoms with van der Waals surface area (Å²) in [6.07, 6.45) is 2.54. The molecule has 0 saturated carbocycles. The molecule has 18 heavy (non-hydrogen) atoms. The second kappa shape index (κ2) is 8.10. The van der Waals surface area contributed by atoms with Crippen LogP contribution in [0.15, 0.2) is 0 Å². The molecular formula is C14H30N2O2. The number of hydrogen-bond acceptors (Lipinski definition) is 4. The zero-order valence-electron chi connectivity index (χ0n) is 12.2. The highest BCUT2D eigenvalue weighted by Crippen LogP contribution is 2.20. The van der Waals surface area contributed by atoms with Crippen molar-refractivity contribution >= 4 is 0 Å². The van der Waals surface area contributed by atoms with Gasteiger partial charge in [-0.05, 0) is 24.8 Å². The Bertz CT molecular complexity index is 214. The van der Waals surface area contributed by atoms with E-state index in [0.29, 0.717) is 18.1 Å². The number of aliphatic hydroxyl groups is 1. The highest BCUT2D eigenvalue weighted by molar-refractivity contribution is 4.80. The molecule has 1 fully saturated rings. The van der Waals surface area contributed by atoms with Crippen LogP contribution >= 0.6 is 0 Å². The fraction of sp³-hybridized carbons (Fsp3) is 1.00. The van der Waals surface area contributed by atoms with Gasteiger partial charge in [-0.15, -0.1) is 0 Å². The van der Waals surface area contributed by atoms with Gasteiger partial charge in [-0.3, -0.25) is 0 Å². The fourth-order valence-electron chi connectivity index (χ4n) is 2.58. The predicted octanol–water partition coefficient (Wildman–Crippen LogP) is 1.10. The molecule has 1 rings (SSSR count). The van der Waals surface area contributed by atoms with E-state index in [9.17, 15) is 0 Å². The van der Waals surface area contributed by atoms with Gasteiger partial charge in [0.15, 0.2) is 0 Å². The zero-order valence-corrected chi connectivity index (χ0v) is 12.2. The average molecular weight is 258 g/mol. The van der Waals surface area contributed by atoms with Crippen LogP contribution in [0.5, 0.6) is 0 Å². The zero-order chi connectivity index (χ0) is 13.4. The summed E-state index contributed by atoms with van der Waals surface area (Å²) >= 11 is 0. The molecule has 0 amide bonds. The molecule has 4 nitrogen and oxygen atoms in total. The van der Waals surface area contributed by atoms with Gasteiger partial charge in [0.2, 0.25) is 0 Å². The van der Waals surface area contributed by atoms with E-state index in [1.807, 2.05) is 0 Å². The Morgan fingerprint density at radius 2 is 2.00 bits per heavy atom. The molecule has 0 aliphatic carbocycles. The lowest BCUT2D eigenvalue weighted by molar-refractivity contribution is -0.0130. The molecule has 0 spiro atoms. The Hall–Kier alpha value is -0.160. The maximum atomic E-state index is 8.74. The minimum Gasteiger partial charge on any atom is -0.394 e. The standard InChI is InChI=1S/C14H30N2O2/c1-4-15-11-14(2,3)12-16-7-5-13(6-8-16)18-10-9-17/h13,15,17H,4-12H2,1-3H3. The first kappa shape index (κ1) is 15.9. The maximum absolute atomic E-state index is 8.74. The molecule has 108 valence electrons. The van der Waals surface area contributed by atoms with Crippen molar-refractivity contribution in [1.82, 2.24) is 10.2 Å². The second-order valence-electron chi connectivity index (χ2n) is 6.01. The minimum atomic E-state index is 0.135. The number of piperidine rings is 1. The van der Waals surface area contributed by atoms with E-state index < -0.39 is 0 Å². The molecule has 2 N–H and O–H groups in total. The van der Waals surface area contributed by atoms with Crippen molar-refractivity contribution in [2.24, 2.45) is 5.41 Å². The van der Waals surface area contributed by atoms with E-state index in [-0.39, 0.29) is 6.61 Å². The summed E-state index contributed by atoms with van der Waals surface area (Å²) in [5.74, 6) is 0. The van der Waals surface area contributed by atoms with Gasteiger partial charge in [0.1, 0.15) is 0 Å². The smallest absolute Gasteiger partial charge is 0.0701 e. The minimum absolute atomic E-state index is 0.135. The third-order valence-electron chi connectivity index (χ3n) is 3.48. The molecule has 0 bridgehead atoms. The maximum Gasteiger partial charge on any atom is 0.0701 e. The third-order valence-corrected chi connectivity index (χ3v) is 3.48. The molecule has 0 aromatic heterocycles. The molecule has 0 aromatic rings. The molecule has 0 atom stereocenters. The first-order valence-electron chi connectivity index (χ1n) is 7.23. The van der Waals surface area contributed by atoms with Crippen LogP contribution in [0.1, 0.15) is 33.6 Å². The quantitative estimate of drug-likeness (QED) is 0.684. The first-order valence-corrected chi connectivity index (χ1v) is 7.23. The highest BCUT2D eigenvalue weighted by Gasteiger charge is 2.25. The van der Waals surface area contributed by atoms with E-state index in [2.05, 4.69) is 31.0 Å². The van der Waals surface area contributed by atoms with Crippen LogP contribution in [0.2, 0.25) is 0 Å². The number of hydrogen-bond donors (Lipinski definition) is 2. The van der Waals surface area contributed by atoms with Gasteiger partial charge in [0, 0.05) is 26.2 Å². The Balaban J connectivity index is 2.22. The lowest BCUT2D eigenvalue weighted by Crippen LogP contribution is -2.45. The van der Waals surface area contributed by atoms with Gasteiger partial charge in [-0.1, -0.05) is 20.8 Å². The lowest BCUT2D eigenvalue weighted by Gasteiger charge is -2.37. The van der Waals surface area contributed by atoms with Crippen LogP contribution in [-0.4, -0.2) is 62.0 Å². The second-order valence-corrected chi connectivity index (χ2v) is 6.01. The molecular weight excluding hydrogens is 228 g/mol. The number of rotatable bonds is 8. The van der Waals surface area contributed by atoms with Crippen LogP contribution in [0, 0.1) is 5.41 Å². The van der Waals surface area contributed by atoms with Crippen molar-refractivity contribution in [3.63, 3.8) is 0 Å². The van der Waals surface area contributed by atoms with Gasteiger partial charge in [0.05, 0.1) is 19.3 Å². The summed E-state index contributed by atoms with van der Waals surface area (Å²) in [5.41, 5.74) is 0.328. The number of nitrogens with one attached hydrogen (secondary N) is 1. The topological polar surface area (TPSA) is 44.7 Å². The highest BCUT2D eigenvalue weighted by atomic mass is 16.5. The third kappa shape index (κ3) is 6.14. The molecule has 4 heteroatoms. The molecule has 1 aliphatic rings. The van der Waals surface area contributed by atoms with Crippen molar-refractivity contribution in [2.75, 3.05) is 45.9 Å². The first-order chi connectivity index (χ1) is 8.57. The van der Waals surface area contributed by atoms with Gasteiger partial charge >= 0.3 is 0 Å². The number of ether oxygens (including phenoxy) is 1. The molecule has 1 heterocycles. The average Bonchev–Trinajstić information content (AvgIpc) is 2.35. The van der Waals surface area contributed by atoms with E-state index in [0.717, 1.165) is 45.6 Å². The van der Waals surface area contributed by atoms with Crippen LogP contribution in [0.3, 0.4) is 0 Å². The SMILES string of the molecule is CCNCC(C)(C)CN1CCC(OCCO)CC1. The van der Waals surface area contributed by atoms with Gasteiger partial charge < -0.3 is 20.1 Å². The van der Waals surface area contributed by atoms with Crippen molar-refractivity contribution < 1.29 is 9.84 Å². The summed E-state index contributed by atoms with van der Waals surface area (Å²) < 4.78 is 5.59. The van der Waals surface area contributed by atoms with Crippen molar-refractivity contribution in [1.29, 1.82) is 0 Å². The van der Waals surface area contributed by atoms with E-state index >= 15 is 0 Å². The molecule has 0 unspecified atom stereocenters. The number of aliphatic hydroxyl groups excluding tert-OH is 1. The van der Waals surface area contributed by atoms with Gasteiger partial charge in [-0.25, -0.2) is 0 Å². The van der Waals surface area contributed by atoms with Crippen molar-refractivity contribution in [3.05, 3.63) is 0 Å². The fourth-order valence-corrected chi connectivity index (χ4v) is 2.58. The van der Waals surface area contributed by atoms with Crippen LogP contribution < -0.4 is 5.32 Å². The number of likely N-dealkylation sites (tertiary alicyclic amines) is 1. The number of nitrogens with zero attached hydrogens (tertiary/aromatic N) is 1. The Labute approximate surface area is 112 Å². The lowest BCUT2D eigenvalue weighted by atomic mass is 9.91. The predicted molar refractivity (Wildman–Crippen MR) is 74.8 cm³/mol. The van der Waals surface area contributed by atoms with Crippen LogP contribution in [-0.2, 0) is 4.74 Å². The Kier molecular flexibility index (Phi) is 7.15. The summed E-state index contributed by atoms with van der Waals surface area (Å²) in [5, 5.41) is 12.2. The van der Waals surface area contributed by atoms with E-state index in [4.69, 9.17) is 9.84 Å². The summed E-state index contributed by atoms with van der Waals surface area (Å²) in [7, 11) is 0.